The van der Waals surface area contributed by atoms with Gasteiger partial charge in [-0.05, 0) is 64.2 Å². The third kappa shape index (κ3) is 6.85. The number of hydrogen-bond acceptors (Lipinski definition) is 1. The summed E-state index contributed by atoms with van der Waals surface area (Å²) in [5.74, 6) is 0.946. The van der Waals surface area contributed by atoms with Crippen LogP contribution < -0.4 is 4.74 Å². The average molecular weight is 258 g/mol. The van der Waals surface area contributed by atoms with E-state index in [0.29, 0.717) is 0 Å². The van der Waals surface area contributed by atoms with Crippen LogP contribution in [0.25, 0.3) is 0 Å². The predicted octanol–water partition coefficient (Wildman–Crippen LogP) is 5.32. The molecule has 0 saturated heterocycles. The summed E-state index contributed by atoms with van der Waals surface area (Å²) in [6.07, 6.45) is 9.18. The van der Waals surface area contributed by atoms with Crippen LogP contribution in [0.3, 0.4) is 0 Å². The van der Waals surface area contributed by atoms with Crippen molar-refractivity contribution in [1.82, 2.24) is 0 Å². The summed E-state index contributed by atoms with van der Waals surface area (Å²) in [4.78, 5) is 0. The summed E-state index contributed by atoms with van der Waals surface area (Å²) in [6.45, 7) is 6.54. The highest BCUT2D eigenvalue weighted by molar-refractivity contribution is 5.28. The van der Waals surface area contributed by atoms with Gasteiger partial charge in [-0.2, -0.15) is 0 Å². The van der Waals surface area contributed by atoms with Crippen LogP contribution in [-0.2, 0) is 6.42 Å². The third-order valence-corrected chi connectivity index (χ3v) is 3.15. The van der Waals surface area contributed by atoms with Crippen LogP contribution in [-0.4, -0.2) is 7.11 Å². The van der Waals surface area contributed by atoms with Crippen LogP contribution in [0, 0.1) is 0 Å². The predicted molar refractivity (Wildman–Crippen MR) is 83.7 cm³/mol. The van der Waals surface area contributed by atoms with Crippen molar-refractivity contribution in [1.29, 1.82) is 0 Å². The lowest BCUT2D eigenvalue weighted by molar-refractivity contribution is 0.414. The number of allylic oxidation sites excluding steroid dienone is 4. The third-order valence-electron chi connectivity index (χ3n) is 3.15. The van der Waals surface area contributed by atoms with Gasteiger partial charge in [-0.3, -0.25) is 0 Å². The quantitative estimate of drug-likeness (QED) is 0.601. The number of benzene rings is 1. The zero-order chi connectivity index (χ0) is 14.1. The van der Waals surface area contributed by atoms with E-state index in [2.05, 4.69) is 51.1 Å². The van der Waals surface area contributed by atoms with E-state index in [1.165, 1.54) is 23.1 Å². The Morgan fingerprint density at radius 1 is 1.11 bits per heavy atom. The summed E-state index contributed by atoms with van der Waals surface area (Å²) in [6, 6.07) is 8.32. The molecule has 0 N–H and O–H groups in total. The van der Waals surface area contributed by atoms with Crippen LogP contribution in [0.1, 0.15) is 45.6 Å². The standard InChI is InChI=1S/C18H26O/c1-15(2)8-5-9-16(3)10-6-11-17-12-7-13-18(14-17)19-4/h7-8,10,12-14H,5-6,9,11H2,1-4H3. The molecule has 0 bridgehead atoms. The summed E-state index contributed by atoms with van der Waals surface area (Å²) in [7, 11) is 1.71. The first-order valence-corrected chi connectivity index (χ1v) is 7.03. The molecule has 0 spiro atoms. The van der Waals surface area contributed by atoms with Gasteiger partial charge in [0, 0.05) is 0 Å². The summed E-state index contributed by atoms with van der Waals surface area (Å²) in [5.41, 5.74) is 4.23. The fourth-order valence-electron chi connectivity index (χ4n) is 2.00. The Morgan fingerprint density at radius 3 is 2.58 bits per heavy atom. The largest absolute Gasteiger partial charge is 0.497 e. The second-order valence-corrected chi connectivity index (χ2v) is 5.26. The minimum Gasteiger partial charge on any atom is -0.497 e. The van der Waals surface area contributed by atoms with Crippen molar-refractivity contribution < 1.29 is 4.74 Å². The molecule has 0 aliphatic heterocycles. The molecule has 1 aromatic carbocycles. The van der Waals surface area contributed by atoms with Crippen LogP contribution >= 0.6 is 0 Å². The minimum absolute atomic E-state index is 0.946. The molecule has 0 fully saturated rings. The van der Waals surface area contributed by atoms with Gasteiger partial charge in [-0.1, -0.05) is 35.4 Å². The zero-order valence-electron chi connectivity index (χ0n) is 12.7. The molecule has 104 valence electrons. The van der Waals surface area contributed by atoms with Crippen LogP contribution in [0.15, 0.2) is 47.6 Å². The molecule has 0 saturated carbocycles. The van der Waals surface area contributed by atoms with Crippen molar-refractivity contribution in [3.8, 4) is 5.75 Å². The Kier molecular flexibility index (Phi) is 7.02. The van der Waals surface area contributed by atoms with Gasteiger partial charge in [-0.25, -0.2) is 0 Å². The van der Waals surface area contributed by atoms with Gasteiger partial charge in [0.05, 0.1) is 7.11 Å². The van der Waals surface area contributed by atoms with E-state index >= 15 is 0 Å². The topological polar surface area (TPSA) is 9.23 Å². The van der Waals surface area contributed by atoms with E-state index in [1.54, 1.807) is 7.11 Å². The van der Waals surface area contributed by atoms with Crippen molar-refractivity contribution in [2.45, 2.75) is 46.5 Å². The highest BCUT2D eigenvalue weighted by atomic mass is 16.5. The van der Waals surface area contributed by atoms with Crippen molar-refractivity contribution in [3.63, 3.8) is 0 Å². The molecule has 1 heteroatoms. The number of hydrogen-bond donors (Lipinski definition) is 0. The van der Waals surface area contributed by atoms with E-state index < -0.39 is 0 Å². The number of methoxy groups -OCH3 is 1. The molecule has 1 rings (SSSR count). The molecule has 0 radical (unpaired) electrons. The Hall–Kier alpha value is -1.50. The molecule has 0 amide bonds. The Balaban J connectivity index is 2.37. The first kappa shape index (κ1) is 15.6. The van der Waals surface area contributed by atoms with Gasteiger partial charge >= 0.3 is 0 Å². The fourth-order valence-corrected chi connectivity index (χ4v) is 2.00. The zero-order valence-corrected chi connectivity index (χ0v) is 12.7. The molecule has 0 aliphatic carbocycles. The molecule has 0 aromatic heterocycles. The summed E-state index contributed by atoms with van der Waals surface area (Å²) >= 11 is 0. The van der Waals surface area contributed by atoms with Crippen LogP contribution in [0.2, 0.25) is 0 Å². The summed E-state index contributed by atoms with van der Waals surface area (Å²) in [5, 5.41) is 0. The molecule has 19 heavy (non-hydrogen) atoms. The van der Waals surface area contributed by atoms with E-state index in [-0.39, 0.29) is 0 Å². The monoisotopic (exact) mass is 258 g/mol. The van der Waals surface area contributed by atoms with Gasteiger partial charge in [0.1, 0.15) is 5.75 Å². The van der Waals surface area contributed by atoms with Gasteiger partial charge in [-0.15, -0.1) is 0 Å². The molecular weight excluding hydrogens is 232 g/mol. The molecular formula is C18H26O. The second-order valence-electron chi connectivity index (χ2n) is 5.26. The van der Waals surface area contributed by atoms with Gasteiger partial charge in [0.15, 0.2) is 0 Å². The van der Waals surface area contributed by atoms with E-state index in [4.69, 9.17) is 4.74 Å². The summed E-state index contributed by atoms with van der Waals surface area (Å²) < 4.78 is 5.24. The lowest BCUT2D eigenvalue weighted by Gasteiger charge is -2.03. The molecule has 1 aromatic rings. The van der Waals surface area contributed by atoms with Crippen LogP contribution in [0.4, 0.5) is 0 Å². The van der Waals surface area contributed by atoms with E-state index in [0.717, 1.165) is 25.0 Å². The SMILES string of the molecule is COc1cccc(CCC=C(C)CCC=C(C)C)c1. The van der Waals surface area contributed by atoms with Gasteiger partial charge < -0.3 is 4.74 Å². The lowest BCUT2D eigenvalue weighted by Crippen LogP contribution is -1.87. The van der Waals surface area contributed by atoms with Gasteiger partial charge in [0.25, 0.3) is 0 Å². The normalized spacial score (nSPS) is 11.3. The van der Waals surface area contributed by atoms with E-state index in [1.807, 2.05) is 6.07 Å². The average Bonchev–Trinajstić information content (AvgIpc) is 2.38. The lowest BCUT2D eigenvalue weighted by atomic mass is 10.1. The Bertz CT molecular complexity index is 437. The number of aryl methyl sites for hydroxylation is 1. The Labute approximate surface area is 118 Å². The molecule has 0 unspecified atom stereocenters. The van der Waals surface area contributed by atoms with Gasteiger partial charge in [0.2, 0.25) is 0 Å². The smallest absolute Gasteiger partial charge is 0.119 e. The highest BCUT2D eigenvalue weighted by Gasteiger charge is 1.95. The van der Waals surface area contributed by atoms with Crippen LogP contribution in [0.5, 0.6) is 5.75 Å². The molecule has 1 nitrogen and oxygen atoms in total. The highest BCUT2D eigenvalue weighted by Crippen LogP contribution is 2.15. The number of rotatable bonds is 7. The first-order valence-electron chi connectivity index (χ1n) is 7.03. The molecule has 0 aliphatic rings. The molecule has 0 atom stereocenters. The minimum atomic E-state index is 0.946. The van der Waals surface area contributed by atoms with Crippen molar-refractivity contribution in [2.75, 3.05) is 7.11 Å². The maximum atomic E-state index is 5.24. The second kappa shape index (κ2) is 8.58. The maximum absolute atomic E-state index is 5.24. The maximum Gasteiger partial charge on any atom is 0.119 e. The van der Waals surface area contributed by atoms with Crippen molar-refractivity contribution in [2.24, 2.45) is 0 Å². The van der Waals surface area contributed by atoms with Crippen molar-refractivity contribution in [3.05, 3.63) is 53.1 Å². The fraction of sp³-hybridized carbons (Fsp3) is 0.444. The molecule has 0 heterocycles. The number of ether oxygens (including phenoxy) is 1. The first-order chi connectivity index (χ1) is 9.11. The van der Waals surface area contributed by atoms with Crippen molar-refractivity contribution >= 4 is 0 Å². The Morgan fingerprint density at radius 2 is 1.89 bits per heavy atom. The van der Waals surface area contributed by atoms with E-state index in [9.17, 15) is 0 Å².